The number of aromatic amines is 1. The van der Waals surface area contributed by atoms with Gasteiger partial charge in [-0.05, 0) is 24.3 Å². The Balaban J connectivity index is 1.77. The molecule has 0 saturated carbocycles. The lowest BCUT2D eigenvalue weighted by molar-refractivity contribution is 0.305. The number of hydrogen-bond acceptors (Lipinski definition) is 5. The van der Waals surface area contributed by atoms with Crippen molar-refractivity contribution in [3.8, 4) is 17.1 Å². The molecule has 0 spiro atoms. The fourth-order valence-corrected chi connectivity index (χ4v) is 3.14. The average molecular weight is 360 g/mol. The van der Waals surface area contributed by atoms with E-state index in [9.17, 15) is 5.11 Å². The van der Waals surface area contributed by atoms with Crippen molar-refractivity contribution < 1.29 is 9.84 Å². The Kier molecular flexibility index (Phi) is 4.72. The molecule has 0 radical (unpaired) electrons. The van der Waals surface area contributed by atoms with E-state index in [1.165, 1.54) is 0 Å². The number of aliphatic hydroxyl groups excluding tert-OH is 1. The summed E-state index contributed by atoms with van der Waals surface area (Å²) in [4.78, 5) is 14.4. The van der Waals surface area contributed by atoms with Crippen LogP contribution in [-0.2, 0) is 0 Å². The molecular weight excluding hydrogens is 340 g/mol. The summed E-state index contributed by atoms with van der Waals surface area (Å²) in [6.07, 6.45) is 3.42. The van der Waals surface area contributed by atoms with E-state index in [0.29, 0.717) is 18.1 Å². The molecule has 0 aliphatic rings. The molecule has 6 heteroatoms. The Bertz CT molecular complexity index is 1030. The van der Waals surface area contributed by atoms with Gasteiger partial charge in [0.05, 0.1) is 37.5 Å². The highest BCUT2D eigenvalue weighted by molar-refractivity contribution is 5.85. The summed E-state index contributed by atoms with van der Waals surface area (Å²) in [5.74, 6) is 1.36. The fourth-order valence-electron chi connectivity index (χ4n) is 3.14. The van der Waals surface area contributed by atoms with Gasteiger partial charge in [0.25, 0.3) is 0 Å². The number of nitrogens with one attached hydrogen (secondary N) is 1. The molecule has 0 aliphatic heterocycles. The van der Waals surface area contributed by atoms with E-state index in [0.717, 1.165) is 28.0 Å². The number of methoxy groups -OCH3 is 1. The van der Waals surface area contributed by atoms with Crippen molar-refractivity contribution in [2.75, 3.05) is 25.2 Å². The number of hydrogen-bond donors (Lipinski definition) is 2. The van der Waals surface area contributed by atoms with E-state index in [-0.39, 0.29) is 6.61 Å². The molecule has 4 rings (SSSR count). The largest absolute Gasteiger partial charge is 0.495 e. The van der Waals surface area contributed by atoms with Crippen molar-refractivity contribution in [2.24, 2.45) is 0 Å². The molecule has 2 aromatic carbocycles. The van der Waals surface area contributed by atoms with Gasteiger partial charge in [-0.15, -0.1) is 0 Å². The van der Waals surface area contributed by atoms with Crippen LogP contribution in [-0.4, -0.2) is 40.3 Å². The molecule has 4 aromatic rings. The Morgan fingerprint density at radius 1 is 1.07 bits per heavy atom. The highest BCUT2D eigenvalue weighted by atomic mass is 16.5. The number of aliphatic hydroxyl groups is 1. The van der Waals surface area contributed by atoms with Gasteiger partial charge in [0.2, 0.25) is 0 Å². The van der Waals surface area contributed by atoms with Crippen LogP contribution in [0.3, 0.4) is 0 Å². The van der Waals surface area contributed by atoms with E-state index < -0.39 is 0 Å². The second kappa shape index (κ2) is 7.47. The predicted octanol–water partition coefficient (Wildman–Crippen LogP) is 3.76. The molecule has 0 atom stereocenters. The second-order valence-corrected chi connectivity index (χ2v) is 6.08. The number of H-pyrrole nitrogens is 1. The van der Waals surface area contributed by atoms with E-state index in [4.69, 9.17) is 9.72 Å². The molecule has 0 aliphatic carbocycles. The first kappa shape index (κ1) is 17.1. The SMILES string of the molecule is COc1ccccc1N(CCO)c1cncc(-c2cc3ccccc3[nH]2)n1. The average Bonchev–Trinajstić information content (AvgIpc) is 3.16. The highest BCUT2D eigenvalue weighted by Gasteiger charge is 2.16. The van der Waals surface area contributed by atoms with Crippen molar-refractivity contribution in [1.82, 2.24) is 15.0 Å². The molecule has 2 N–H and O–H groups in total. The minimum Gasteiger partial charge on any atom is -0.495 e. The molecule has 0 saturated heterocycles. The normalized spacial score (nSPS) is 10.9. The summed E-state index contributed by atoms with van der Waals surface area (Å²) in [6.45, 7) is 0.363. The monoisotopic (exact) mass is 360 g/mol. The molecule has 0 unspecified atom stereocenters. The number of anilines is 2. The summed E-state index contributed by atoms with van der Waals surface area (Å²) in [5, 5.41) is 10.7. The smallest absolute Gasteiger partial charge is 0.152 e. The number of fused-ring (bicyclic) bond motifs is 1. The van der Waals surface area contributed by atoms with Crippen molar-refractivity contribution in [2.45, 2.75) is 0 Å². The van der Waals surface area contributed by atoms with Crippen LogP contribution in [0, 0.1) is 0 Å². The van der Waals surface area contributed by atoms with Crippen LogP contribution < -0.4 is 9.64 Å². The van der Waals surface area contributed by atoms with Gasteiger partial charge in [-0.2, -0.15) is 0 Å². The number of ether oxygens (including phenoxy) is 1. The van der Waals surface area contributed by atoms with Crippen molar-refractivity contribution in [3.63, 3.8) is 0 Å². The summed E-state index contributed by atoms with van der Waals surface area (Å²) in [6, 6.07) is 17.8. The third-order valence-corrected chi connectivity index (χ3v) is 4.40. The lowest BCUT2D eigenvalue weighted by Crippen LogP contribution is -2.23. The van der Waals surface area contributed by atoms with E-state index in [1.807, 2.05) is 47.4 Å². The molecule has 0 bridgehead atoms. The predicted molar refractivity (Wildman–Crippen MR) is 106 cm³/mol. The Hall–Kier alpha value is -3.38. The number of rotatable bonds is 6. The molecule has 6 nitrogen and oxygen atoms in total. The van der Waals surface area contributed by atoms with Gasteiger partial charge >= 0.3 is 0 Å². The zero-order valence-electron chi connectivity index (χ0n) is 15.0. The molecule has 2 aromatic heterocycles. The minimum absolute atomic E-state index is 0.0175. The molecule has 136 valence electrons. The number of nitrogens with zero attached hydrogens (tertiary/aromatic N) is 3. The Morgan fingerprint density at radius 3 is 2.70 bits per heavy atom. The Morgan fingerprint density at radius 2 is 1.89 bits per heavy atom. The first-order valence-electron chi connectivity index (χ1n) is 8.72. The quantitative estimate of drug-likeness (QED) is 0.548. The topological polar surface area (TPSA) is 74.3 Å². The van der Waals surface area contributed by atoms with Gasteiger partial charge in [-0.1, -0.05) is 30.3 Å². The van der Waals surface area contributed by atoms with Crippen LogP contribution in [0.1, 0.15) is 0 Å². The number of aromatic nitrogens is 3. The van der Waals surface area contributed by atoms with Crippen molar-refractivity contribution >= 4 is 22.4 Å². The minimum atomic E-state index is -0.0175. The van der Waals surface area contributed by atoms with Crippen LogP contribution in [0.4, 0.5) is 11.5 Å². The summed E-state index contributed by atoms with van der Waals surface area (Å²) < 4.78 is 5.47. The van der Waals surface area contributed by atoms with E-state index in [2.05, 4.69) is 22.1 Å². The maximum atomic E-state index is 9.57. The zero-order chi connectivity index (χ0) is 18.6. The lowest BCUT2D eigenvalue weighted by Gasteiger charge is -2.24. The summed E-state index contributed by atoms with van der Waals surface area (Å²) >= 11 is 0. The van der Waals surface area contributed by atoms with Crippen molar-refractivity contribution in [1.29, 1.82) is 0 Å². The van der Waals surface area contributed by atoms with Gasteiger partial charge < -0.3 is 19.7 Å². The van der Waals surface area contributed by atoms with Crippen LogP contribution >= 0.6 is 0 Å². The maximum absolute atomic E-state index is 9.57. The van der Waals surface area contributed by atoms with Crippen LogP contribution in [0.15, 0.2) is 67.0 Å². The standard InChI is InChI=1S/C21H20N4O2/c1-27-20-9-5-4-8-19(20)25(10-11-26)21-14-22-13-18(24-21)17-12-15-6-2-3-7-16(15)23-17/h2-9,12-14,23,26H,10-11H2,1H3. The van der Waals surface area contributed by atoms with Gasteiger partial charge in [0.15, 0.2) is 5.82 Å². The first-order chi connectivity index (χ1) is 13.3. The van der Waals surface area contributed by atoms with Gasteiger partial charge in [0, 0.05) is 17.4 Å². The van der Waals surface area contributed by atoms with Crippen LogP contribution in [0.5, 0.6) is 5.75 Å². The summed E-state index contributed by atoms with van der Waals surface area (Å²) in [5.41, 5.74) is 3.52. The van der Waals surface area contributed by atoms with Gasteiger partial charge in [-0.3, -0.25) is 4.98 Å². The molecule has 0 amide bonds. The maximum Gasteiger partial charge on any atom is 0.152 e. The third-order valence-electron chi connectivity index (χ3n) is 4.40. The van der Waals surface area contributed by atoms with E-state index in [1.54, 1.807) is 19.5 Å². The molecule has 27 heavy (non-hydrogen) atoms. The zero-order valence-corrected chi connectivity index (χ0v) is 15.0. The van der Waals surface area contributed by atoms with Crippen LogP contribution in [0.2, 0.25) is 0 Å². The van der Waals surface area contributed by atoms with Crippen molar-refractivity contribution in [3.05, 3.63) is 67.0 Å². The Labute approximate surface area is 157 Å². The van der Waals surface area contributed by atoms with Gasteiger partial charge in [-0.25, -0.2) is 4.98 Å². The number of benzene rings is 2. The second-order valence-electron chi connectivity index (χ2n) is 6.08. The van der Waals surface area contributed by atoms with E-state index >= 15 is 0 Å². The third kappa shape index (κ3) is 3.35. The summed E-state index contributed by atoms with van der Waals surface area (Å²) in [7, 11) is 1.63. The lowest BCUT2D eigenvalue weighted by atomic mass is 10.2. The highest BCUT2D eigenvalue weighted by Crippen LogP contribution is 2.33. The van der Waals surface area contributed by atoms with Crippen LogP contribution in [0.25, 0.3) is 22.3 Å². The molecule has 0 fully saturated rings. The van der Waals surface area contributed by atoms with Gasteiger partial charge in [0.1, 0.15) is 11.4 Å². The molecule has 2 heterocycles. The first-order valence-corrected chi connectivity index (χ1v) is 8.72. The molecular formula is C21H20N4O2. The fraction of sp³-hybridized carbons (Fsp3) is 0.143. The number of para-hydroxylation sites is 3.